The Labute approximate surface area is 170 Å². The lowest BCUT2D eigenvalue weighted by molar-refractivity contribution is -0.137. The number of hydrogen-bond acceptors (Lipinski definition) is 6. The van der Waals surface area contributed by atoms with Crippen LogP contribution < -0.4 is 10.0 Å². The highest BCUT2D eigenvalue weighted by atomic mass is 32.2. The van der Waals surface area contributed by atoms with E-state index in [1.165, 1.54) is 6.07 Å². The fraction of sp³-hybridized carbons (Fsp3) is 0.300. The largest absolute Gasteiger partial charge is 0.468 e. The van der Waals surface area contributed by atoms with Gasteiger partial charge in [-0.2, -0.15) is 0 Å². The third kappa shape index (κ3) is 5.71. The van der Waals surface area contributed by atoms with Crippen molar-refractivity contribution in [3.05, 3.63) is 59.7 Å². The van der Waals surface area contributed by atoms with Crippen LogP contribution in [-0.2, 0) is 19.6 Å². The second-order valence-corrected chi connectivity index (χ2v) is 8.17. The summed E-state index contributed by atoms with van der Waals surface area (Å²) in [6.07, 6.45) is 0. The zero-order valence-electron chi connectivity index (χ0n) is 16.8. The van der Waals surface area contributed by atoms with Crippen LogP contribution in [0.1, 0.15) is 28.9 Å². The molecule has 0 aliphatic carbocycles. The first-order valence-electron chi connectivity index (χ1n) is 8.89. The minimum atomic E-state index is -3.99. The van der Waals surface area contributed by atoms with Gasteiger partial charge in [-0.15, -0.1) is 0 Å². The molecular formula is C20H25N3O5S. The molecule has 1 atom stereocenters. The normalized spacial score (nSPS) is 12.0. The maximum Gasteiger partial charge on any atom is 0.322 e. The number of hydrogen-bond donors (Lipinski definition) is 2. The first kappa shape index (κ1) is 22.2. The number of nitrogens with one attached hydrogen (secondary N) is 2. The predicted molar refractivity (Wildman–Crippen MR) is 112 cm³/mol. The molecule has 0 radical (unpaired) electrons. The van der Waals surface area contributed by atoms with Gasteiger partial charge in [0.2, 0.25) is 10.0 Å². The highest BCUT2D eigenvalue weighted by molar-refractivity contribution is 7.93. The third-order valence-corrected chi connectivity index (χ3v) is 5.67. The summed E-state index contributed by atoms with van der Waals surface area (Å²) in [5, 5.41) is 2.86. The third-order valence-electron chi connectivity index (χ3n) is 4.52. The van der Waals surface area contributed by atoms with Crippen LogP contribution in [0, 0.1) is 0 Å². The Balaban J connectivity index is 2.29. The summed E-state index contributed by atoms with van der Waals surface area (Å²) in [6, 6.07) is 14.1. The number of carbonyl (C=O) groups excluding carboxylic acids is 2. The van der Waals surface area contributed by atoms with Crippen LogP contribution in [0.15, 0.2) is 48.5 Å². The molecule has 0 heterocycles. The Kier molecular flexibility index (Phi) is 7.22. The lowest BCUT2D eigenvalue weighted by Crippen LogP contribution is -2.30. The van der Waals surface area contributed by atoms with Crippen LogP contribution >= 0.6 is 0 Å². The average molecular weight is 420 g/mol. The second kappa shape index (κ2) is 9.42. The Morgan fingerprint density at radius 1 is 1.10 bits per heavy atom. The van der Waals surface area contributed by atoms with Crippen molar-refractivity contribution in [2.45, 2.75) is 13.0 Å². The van der Waals surface area contributed by atoms with Gasteiger partial charge < -0.3 is 15.0 Å². The van der Waals surface area contributed by atoms with E-state index in [0.29, 0.717) is 11.3 Å². The van der Waals surface area contributed by atoms with Gasteiger partial charge in [0.25, 0.3) is 5.91 Å². The first-order chi connectivity index (χ1) is 13.7. The number of amides is 1. The van der Waals surface area contributed by atoms with Crippen LogP contribution in [0.25, 0.3) is 0 Å². The molecule has 0 saturated heterocycles. The fourth-order valence-corrected chi connectivity index (χ4v) is 3.74. The number of rotatable bonds is 8. The lowest BCUT2D eigenvalue weighted by atomic mass is 10.1. The molecule has 1 amide bonds. The summed E-state index contributed by atoms with van der Waals surface area (Å²) < 4.78 is 31.2. The summed E-state index contributed by atoms with van der Waals surface area (Å²) in [5.74, 6) is -1.97. The summed E-state index contributed by atoms with van der Waals surface area (Å²) in [4.78, 5) is 25.9. The van der Waals surface area contributed by atoms with Crippen molar-refractivity contribution < 1.29 is 22.7 Å². The van der Waals surface area contributed by atoms with E-state index in [1.807, 2.05) is 37.3 Å². The lowest BCUT2D eigenvalue weighted by Gasteiger charge is -2.26. The number of esters is 1. The van der Waals surface area contributed by atoms with Gasteiger partial charge in [-0.05, 0) is 30.7 Å². The van der Waals surface area contributed by atoms with E-state index >= 15 is 0 Å². The van der Waals surface area contributed by atoms with Gasteiger partial charge in [0.15, 0.2) is 5.75 Å². The quantitative estimate of drug-likeness (QED) is 0.637. The van der Waals surface area contributed by atoms with Crippen LogP contribution in [0.4, 0.5) is 11.4 Å². The molecule has 2 N–H and O–H groups in total. The standard InChI is InChI=1S/C20H25N3O5S/c1-14(15-8-6-5-7-9-15)23(3)20(25)16-10-11-17(21-2)18(12-16)22-29(26,27)13-19(24)28-4/h5-12,14,21-22H,13H2,1-4H3. The van der Waals surface area contributed by atoms with Crippen molar-refractivity contribution in [2.75, 3.05) is 37.0 Å². The number of methoxy groups -OCH3 is 1. The number of anilines is 2. The highest BCUT2D eigenvalue weighted by Crippen LogP contribution is 2.27. The molecular weight excluding hydrogens is 394 g/mol. The van der Waals surface area contributed by atoms with Crippen molar-refractivity contribution in [3.63, 3.8) is 0 Å². The molecule has 0 aliphatic rings. The Morgan fingerprint density at radius 3 is 2.34 bits per heavy atom. The van der Waals surface area contributed by atoms with Gasteiger partial charge in [0.05, 0.1) is 24.5 Å². The van der Waals surface area contributed by atoms with Crippen LogP contribution in [0.5, 0.6) is 0 Å². The molecule has 0 saturated carbocycles. The maximum absolute atomic E-state index is 13.0. The molecule has 0 spiro atoms. The molecule has 1 unspecified atom stereocenters. The molecule has 0 aliphatic heterocycles. The first-order valence-corrected chi connectivity index (χ1v) is 10.5. The SMILES string of the molecule is CNc1ccc(C(=O)N(C)C(C)c2ccccc2)cc1NS(=O)(=O)CC(=O)OC. The topological polar surface area (TPSA) is 105 Å². The van der Waals surface area contributed by atoms with E-state index in [9.17, 15) is 18.0 Å². The Bertz CT molecular complexity index is 977. The average Bonchev–Trinajstić information content (AvgIpc) is 2.71. The fourth-order valence-electron chi connectivity index (χ4n) is 2.73. The second-order valence-electron chi connectivity index (χ2n) is 6.45. The molecule has 8 nitrogen and oxygen atoms in total. The van der Waals surface area contributed by atoms with Crippen molar-refractivity contribution >= 4 is 33.3 Å². The predicted octanol–water partition coefficient (Wildman–Crippen LogP) is 2.48. The van der Waals surface area contributed by atoms with Gasteiger partial charge in [0, 0.05) is 19.7 Å². The Morgan fingerprint density at radius 2 is 1.76 bits per heavy atom. The summed E-state index contributed by atoms with van der Waals surface area (Å²) in [7, 11) is 0.432. The number of benzene rings is 2. The molecule has 2 aromatic carbocycles. The molecule has 2 aromatic rings. The van der Waals surface area contributed by atoms with Gasteiger partial charge in [-0.3, -0.25) is 14.3 Å². The summed E-state index contributed by atoms with van der Waals surface area (Å²) in [6.45, 7) is 1.91. The van der Waals surface area contributed by atoms with E-state index in [4.69, 9.17) is 0 Å². The monoisotopic (exact) mass is 419 g/mol. The van der Waals surface area contributed by atoms with Crippen LogP contribution in [0.2, 0.25) is 0 Å². The van der Waals surface area contributed by atoms with Gasteiger partial charge in [-0.25, -0.2) is 8.42 Å². The van der Waals surface area contributed by atoms with Crippen molar-refractivity contribution in [1.29, 1.82) is 0 Å². The molecule has 29 heavy (non-hydrogen) atoms. The van der Waals surface area contributed by atoms with Crippen LogP contribution in [-0.4, -0.2) is 52.2 Å². The molecule has 0 aromatic heterocycles. The number of carbonyl (C=O) groups is 2. The van der Waals surface area contributed by atoms with Crippen LogP contribution in [0.3, 0.4) is 0 Å². The highest BCUT2D eigenvalue weighted by Gasteiger charge is 2.22. The van der Waals surface area contributed by atoms with E-state index in [1.54, 1.807) is 31.1 Å². The van der Waals surface area contributed by atoms with Gasteiger partial charge in [0.1, 0.15) is 0 Å². The minimum Gasteiger partial charge on any atom is -0.468 e. The smallest absolute Gasteiger partial charge is 0.322 e. The molecule has 156 valence electrons. The van der Waals surface area contributed by atoms with Crippen molar-refractivity contribution in [1.82, 2.24) is 4.90 Å². The number of nitrogens with zero attached hydrogens (tertiary/aromatic N) is 1. The number of sulfonamides is 1. The minimum absolute atomic E-state index is 0.169. The summed E-state index contributed by atoms with van der Waals surface area (Å²) >= 11 is 0. The zero-order valence-corrected chi connectivity index (χ0v) is 17.6. The van der Waals surface area contributed by atoms with E-state index in [0.717, 1.165) is 12.7 Å². The zero-order chi connectivity index (χ0) is 21.6. The Hall–Kier alpha value is -3.07. The van der Waals surface area contributed by atoms with Crippen molar-refractivity contribution in [2.24, 2.45) is 0 Å². The molecule has 2 rings (SSSR count). The van der Waals surface area contributed by atoms with Crippen molar-refractivity contribution in [3.8, 4) is 0 Å². The van der Waals surface area contributed by atoms with E-state index < -0.39 is 21.7 Å². The maximum atomic E-state index is 13.0. The van der Waals surface area contributed by atoms with E-state index in [-0.39, 0.29) is 17.6 Å². The van der Waals surface area contributed by atoms with Gasteiger partial charge in [-0.1, -0.05) is 30.3 Å². The van der Waals surface area contributed by atoms with E-state index in [2.05, 4.69) is 14.8 Å². The molecule has 0 fully saturated rings. The summed E-state index contributed by atoms with van der Waals surface area (Å²) in [5.41, 5.74) is 1.93. The molecule has 0 bridgehead atoms. The number of ether oxygens (including phenoxy) is 1. The van der Waals surface area contributed by atoms with Gasteiger partial charge >= 0.3 is 5.97 Å². The molecule has 9 heteroatoms.